The summed E-state index contributed by atoms with van der Waals surface area (Å²) in [4.78, 5) is 16.9. The second-order valence-electron chi connectivity index (χ2n) is 6.50. The summed E-state index contributed by atoms with van der Waals surface area (Å²) in [5.74, 6) is 0.181. The first-order chi connectivity index (χ1) is 11.7. The molecule has 3 rings (SSSR count). The molecule has 1 aromatic heterocycles. The van der Waals surface area contributed by atoms with Crippen molar-refractivity contribution in [2.75, 3.05) is 19.6 Å². The van der Waals surface area contributed by atoms with Crippen LogP contribution in [-0.2, 0) is 16.8 Å². The van der Waals surface area contributed by atoms with Gasteiger partial charge < -0.3 is 10.2 Å². The third kappa shape index (κ3) is 3.70. The highest BCUT2D eigenvalue weighted by Crippen LogP contribution is 2.36. The average Bonchev–Trinajstić information content (AvgIpc) is 3.05. The van der Waals surface area contributed by atoms with E-state index in [0.29, 0.717) is 6.54 Å². The van der Waals surface area contributed by atoms with Crippen LogP contribution in [0, 0.1) is 0 Å². The molecule has 24 heavy (non-hydrogen) atoms. The van der Waals surface area contributed by atoms with Gasteiger partial charge in [0.05, 0.1) is 12.0 Å². The minimum Gasteiger partial charge on any atom is -0.350 e. The van der Waals surface area contributed by atoms with Gasteiger partial charge in [-0.2, -0.15) is 0 Å². The molecule has 1 aromatic carbocycles. The lowest BCUT2D eigenvalue weighted by Crippen LogP contribution is -2.45. The Balaban J connectivity index is 1.83. The molecule has 1 atom stereocenters. The molecule has 2 heterocycles. The number of hydrogen-bond acceptors (Lipinski definition) is 3. The maximum atomic E-state index is 13.2. The van der Waals surface area contributed by atoms with Gasteiger partial charge in [0.1, 0.15) is 0 Å². The monoisotopic (exact) mass is 342 g/mol. The van der Waals surface area contributed by atoms with E-state index < -0.39 is 5.41 Å². The fraction of sp³-hybridized carbons (Fsp3) is 0.450. The third-order valence-corrected chi connectivity index (χ3v) is 6.02. The van der Waals surface area contributed by atoms with Crippen LogP contribution in [0.2, 0.25) is 0 Å². The van der Waals surface area contributed by atoms with E-state index >= 15 is 0 Å². The van der Waals surface area contributed by atoms with Crippen molar-refractivity contribution in [1.82, 2.24) is 10.2 Å². The maximum absolute atomic E-state index is 13.2. The first-order valence-electron chi connectivity index (χ1n) is 8.83. The number of hydrogen-bond donors (Lipinski definition) is 1. The Hall–Kier alpha value is -1.65. The third-order valence-electron chi connectivity index (χ3n) is 5.14. The molecular formula is C20H26N2OS. The van der Waals surface area contributed by atoms with E-state index in [9.17, 15) is 4.79 Å². The summed E-state index contributed by atoms with van der Waals surface area (Å²) in [5.41, 5.74) is 0.759. The van der Waals surface area contributed by atoms with Crippen molar-refractivity contribution < 1.29 is 4.79 Å². The lowest BCUT2D eigenvalue weighted by molar-refractivity contribution is -0.127. The maximum Gasteiger partial charge on any atom is 0.230 e. The normalized spacial score (nSPS) is 22.0. The highest BCUT2D eigenvalue weighted by atomic mass is 32.1. The Morgan fingerprint density at radius 3 is 2.71 bits per heavy atom. The predicted octanol–water partition coefficient (Wildman–Crippen LogP) is 3.81. The van der Waals surface area contributed by atoms with Gasteiger partial charge in [0.25, 0.3) is 0 Å². The molecule has 2 aromatic rings. The lowest BCUT2D eigenvalue weighted by atomic mass is 9.73. The standard InChI is InChI=1S/C20H26N2OS/c1-2-22-13-7-11-20(12-14-22,17-8-4-3-5-9-17)19(23)21-16-18-10-6-15-24-18/h3-6,8-10,15H,2,7,11-14,16H2,1H3,(H,21,23). The summed E-state index contributed by atoms with van der Waals surface area (Å²) in [6, 6.07) is 14.5. The molecule has 0 aliphatic carbocycles. The highest BCUT2D eigenvalue weighted by molar-refractivity contribution is 7.09. The second-order valence-corrected chi connectivity index (χ2v) is 7.53. The van der Waals surface area contributed by atoms with Gasteiger partial charge in [0.15, 0.2) is 0 Å². The molecule has 1 aliphatic heterocycles. The quantitative estimate of drug-likeness (QED) is 0.896. The number of benzene rings is 1. The summed E-state index contributed by atoms with van der Waals surface area (Å²) in [6.45, 7) is 5.96. The van der Waals surface area contributed by atoms with Crippen LogP contribution in [-0.4, -0.2) is 30.4 Å². The average molecular weight is 343 g/mol. The number of rotatable bonds is 5. The molecule has 0 bridgehead atoms. The van der Waals surface area contributed by atoms with Crippen molar-refractivity contribution >= 4 is 17.2 Å². The molecule has 3 nitrogen and oxygen atoms in total. The van der Waals surface area contributed by atoms with E-state index in [1.54, 1.807) is 11.3 Å². The number of likely N-dealkylation sites (tertiary alicyclic amines) is 1. The molecule has 1 fully saturated rings. The van der Waals surface area contributed by atoms with E-state index in [-0.39, 0.29) is 5.91 Å². The zero-order valence-electron chi connectivity index (χ0n) is 14.3. The summed E-state index contributed by atoms with van der Waals surface area (Å²) in [6.07, 6.45) is 2.88. The van der Waals surface area contributed by atoms with Crippen molar-refractivity contribution in [3.8, 4) is 0 Å². The second kappa shape index (κ2) is 7.95. The van der Waals surface area contributed by atoms with Crippen LogP contribution in [0.25, 0.3) is 0 Å². The van der Waals surface area contributed by atoms with Crippen molar-refractivity contribution in [2.24, 2.45) is 0 Å². The minimum atomic E-state index is -0.400. The molecule has 0 saturated carbocycles. The molecule has 128 valence electrons. The smallest absolute Gasteiger partial charge is 0.230 e. The Kier molecular flexibility index (Phi) is 5.69. The van der Waals surface area contributed by atoms with Crippen LogP contribution >= 0.6 is 11.3 Å². The van der Waals surface area contributed by atoms with E-state index in [1.165, 1.54) is 4.88 Å². The number of carbonyl (C=O) groups is 1. The van der Waals surface area contributed by atoms with Crippen molar-refractivity contribution in [2.45, 2.75) is 38.1 Å². The number of amides is 1. The van der Waals surface area contributed by atoms with E-state index in [2.05, 4.69) is 40.7 Å². The largest absolute Gasteiger partial charge is 0.350 e. The zero-order valence-corrected chi connectivity index (χ0v) is 15.1. The topological polar surface area (TPSA) is 32.3 Å². The van der Waals surface area contributed by atoms with Crippen LogP contribution in [0.1, 0.15) is 36.6 Å². The van der Waals surface area contributed by atoms with Gasteiger partial charge in [0, 0.05) is 4.88 Å². The molecule has 0 spiro atoms. The van der Waals surface area contributed by atoms with Crippen LogP contribution in [0.15, 0.2) is 47.8 Å². The fourth-order valence-electron chi connectivity index (χ4n) is 3.66. The van der Waals surface area contributed by atoms with Crippen molar-refractivity contribution in [1.29, 1.82) is 0 Å². The van der Waals surface area contributed by atoms with Crippen LogP contribution in [0.5, 0.6) is 0 Å². The summed E-state index contributed by atoms with van der Waals surface area (Å²) in [7, 11) is 0. The highest BCUT2D eigenvalue weighted by Gasteiger charge is 2.40. The first-order valence-corrected chi connectivity index (χ1v) is 9.71. The van der Waals surface area contributed by atoms with Gasteiger partial charge >= 0.3 is 0 Å². The summed E-state index contributed by atoms with van der Waals surface area (Å²) < 4.78 is 0. The zero-order chi connectivity index (χ0) is 16.8. The molecule has 0 radical (unpaired) electrons. The Labute approximate surface area is 148 Å². The predicted molar refractivity (Wildman–Crippen MR) is 100 cm³/mol. The first kappa shape index (κ1) is 17.2. The Morgan fingerprint density at radius 1 is 1.17 bits per heavy atom. The summed E-state index contributed by atoms with van der Waals surface area (Å²) >= 11 is 1.69. The van der Waals surface area contributed by atoms with Gasteiger partial charge in [-0.05, 0) is 55.9 Å². The van der Waals surface area contributed by atoms with Gasteiger partial charge in [-0.3, -0.25) is 4.79 Å². The number of nitrogens with zero attached hydrogens (tertiary/aromatic N) is 1. The summed E-state index contributed by atoms with van der Waals surface area (Å²) in [5, 5.41) is 5.26. The van der Waals surface area contributed by atoms with Gasteiger partial charge in [0.2, 0.25) is 5.91 Å². The van der Waals surface area contributed by atoms with E-state index in [4.69, 9.17) is 0 Å². The van der Waals surface area contributed by atoms with E-state index in [1.807, 2.05) is 24.3 Å². The molecule has 1 N–H and O–H groups in total. The molecule has 1 aliphatic rings. The SMILES string of the molecule is CCN1CCCC(C(=O)NCc2cccs2)(c2ccccc2)CC1. The Bertz CT molecular complexity index is 641. The van der Waals surface area contributed by atoms with Crippen LogP contribution in [0.3, 0.4) is 0 Å². The fourth-order valence-corrected chi connectivity index (χ4v) is 4.30. The number of carbonyl (C=O) groups excluding carboxylic acids is 1. The van der Waals surface area contributed by atoms with Crippen molar-refractivity contribution in [3.05, 3.63) is 58.3 Å². The number of thiophene rings is 1. The van der Waals surface area contributed by atoms with Crippen molar-refractivity contribution in [3.63, 3.8) is 0 Å². The Morgan fingerprint density at radius 2 is 2.00 bits per heavy atom. The number of nitrogens with one attached hydrogen (secondary N) is 1. The van der Waals surface area contributed by atoms with Crippen LogP contribution < -0.4 is 5.32 Å². The molecule has 4 heteroatoms. The van der Waals surface area contributed by atoms with Gasteiger partial charge in [-0.15, -0.1) is 11.3 Å². The molecule has 1 unspecified atom stereocenters. The van der Waals surface area contributed by atoms with Gasteiger partial charge in [-0.25, -0.2) is 0 Å². The molecular weight excluding hydrogens is 316 g/mol. The van der Waals surface area contributed by atoms with E-state index in [0.717, 1.165) is 44.5 Å². The lowest BCUT2D eigenvalue weighted by Gasteiger charge is -2.32. The van der Waals surface area contributed by atoms with Crippen LogP contribution in [0.4, 0.5) is 0 Å². The molecule has 1 saturated heterocycles. The molecule has 1 amide bonds. The minimum absolute atomic E-state index is 0.181. The van der Waals surface area contributed by atoms with Gasteiger partial charge in [-0.1, -0.05) is 43.3 Å².